The average molecular weight is 412 g/mol. The van der Waals surface area contributed by atoms with Gasteiger partial charge in [0.05, 0.1) is 50.2 Å². The summed E-state index contributed by atoms with van der Waals surface area (Å²) < 4.78 is 26.7. The van der Waals surface area contributed by atoms with E-state index in [4.69, 9.17) is 9.47 Å². The van der Waals surface area contributed by atoms with Gasteiger partial charge in [0.1, 0.15) is 11.4 Å². The second-order valence-corrected chi connectivity index (χ2v) is 7.05. The molecular weight excluding hydrogens is 391 g/mol. The molecule has 1 aliphatic heterocycles. The number of halogens is 1. The Bertz CT molecular complexity index is 1100. The highest BCUT2D eigenvalue weighted by molar-refractivity contribution is 5.90. The molecule has 0 bridgehead atoms. The summed E-state index contributed by atoms with van der Waals surface area (Å²) in [5.41, 5.74) is 2.36. The van der Waals surface area contributed by atoms with Crippen LogP contribution in [0.3, 0.4) is 0 Å². The highest BCUT2D eigenvalue weighted by atomic mass is 19.1. The molecule has 0 radical (unpaired) electrons. The van der Waals surface area contributed by atoms with Crippen molar-refractivity contribution >= 4 is 5.97 Å². The fourth-order valence-electron chi connectivity index (χ4n) is 3.21. The zero-order valence-corrected chi connectivity index (χ0v) is 16.5. The maximum Gasteiger partial charge on any atom is 0.341 e. The third-order valence-electron chi connectivity index (χ3n) is 4.82. The highest BCUT2D eigenvalue weighted by Crippen LogP contribution is 2.26. The minimum Gasteiger partial charge on any atom is -0.462 e. The van der Waals surface area contributed by atoms with Crippen LogP contribution in [0, 0.1) is 5.82 Å². The van der Waals surface area contributed by atoms with Crippen molar-refractivity contribution in [3.05, 3.63) is 81.5 Å². The Labute approximate surface area is 171 Å². The Balaban J connectivity index is 1.49. The van der Waals surface area contributed by atoms with Crippen molar-refractivity contribution in [2.75, 3.05) is 19.8 Å². The van der Waals surface area contributed by atoms with E-state index in [1.807, 2.05) is 6.07 Å². The molecule has 8 nitrogen and oxygen atoms in total. The lowest BCUT2D eigenvalue weighted by Crippen LogP contribution is -2.27. The number of hydrogen-bond donors (Lipinski definition) is 0. The van der Waals surface area contributed by atoms with Gasteiger partial charge in [-0.1, -0.05) is 6.07 Å². The van der Waals surface area contributed by atoms with Gasteiger partial charge in [-0.2, -0.15) is 5.10 Å². The quantitative estimate of drug-likeness (QED) is 0.552. The molecule has 0 atom stereocenters. The zero-order valence-electron chi connectivity index (χ0n) is 16.5. The monoisotopic (exact) mass is 412 g/mol. The van der Waals surface area contributed by atoms with Crippen molar-refractivity contribution in [1.82, 2.24) is 19.3 Å². The molecule has 156 valence electrons. The molecule has 0 spiro atoms. The fourth-order valence-corrected chi connectivity index (χ4v) is 3.21. The molecular formula is C21H21FN4O4. The summed E-state index contributed by atoms with van der Waals surface area (Å²) in [4.78, 5) is 28.4. The maximum absolute atomic E-state index is 13.4. The first-order valence-electron chi connectivity index (χ1n) is 9.65. The van der Waals surface area contributed by atoms with E-state index in [0.717, 1.165) is 17.8 Å². The molecule has 0 N–H and O–H groups in total. The number of esters is 1. The lowest BCUT2D eigenvalue weighted by Gasteiger charge is -2.24. The lowest BCUT2D eigenvalue weighted by molar-refractivity contribution is 0.00573. The third-order valence-corrected chi connectivity index (χ3v) is 4.82. The Kier molecular flexibility index (Phi) is 5.71. The van der Waals surface area contributed by atoms with Crippen LogP contribution in [0.5, 0.6) is 0 Å². The maximum atomic E-state index is 13.4. The van der Waals surface area contributed by atoms with E-state index >= 15 is 0 Å². The van der Waals surface area contributed by atoms with Gasteiger partial charge in [-0.05, 0) is 24.6 Å². The number of pyridine rings is 2. The van der Waals surface area contributed by atoms with Crippen molar-refractivity contribution in [3.63, 3.8) is 0 Å². The molecule has 9 heteroatoms. The van der Waals surface area contributed by atoms with Gasteiger partial charge in [0.15, 0.2) is 0 Å². The molecule has 0 amide bonds. The second-order valence-electron chi connectivity index (χ2n) is 7.05. The molecule has 3 aromatic rings. The van der Waals surface area contributed by atoms with Gasteiger partial charge < -0.3 is 14.0 Å². The van der Waals surface area contributed by atoms with E-state index in [9.17, 15) is 14.0 Å². The smallest absolute Gasteiger partial charge is 0.341 e. The summed E-state index contributed by atoms with van der Waals surface area (Å²) >= 11 is 0. The first kappa shape index (κ1) is 20.0. The lowest BCUT2D eigenvalue weighted by atomic mass is 10.0. The second kappa shape index (κ2) is 8.58. The summed E-state index contributed by atoms with van der Waals surface area (Å²) in [6, 6.07) is 5.97. The number of carbonyl (C=O) groups excluding carboxylic acids is 1. The molecule has 1 saturated heterocycles. The highest BCUT2D eigenvalue weighted by Gasteiger charge is 2.29. The van der Waals surface area contributed by atoms with Crippen molar-refractivity contribution in [2.24, 2.45) is 0 Å². The SMILES string of the molecule is CCOC(=O)c1cn(Cc2ccc(Cn3cc(F)ccc3=O)nc2)nc1C1COC1. The molecule has 4 rings (SSSR count). The predicted octanol–water partition coefficient (Wildman–Crippen LogP) is 1.97. The number of nitrogens with zero attached hydrogens (tertiary/aromatic N) is 4. The molecule has 0 saturated carbocycles. The van der Waals surface area contributed by atoms with Crippen molar-refractivity contribution in [1.29, 1.82) is 0 Å². The van der Waals surface area contributed by atoms with Gasteiger partial charge in [-0.15, -0.1) is 0 Å². The van der Waals surface area contributed by atoms with E-state index in [0.29, 0.717) is 43.3 Å². The Morgan fingerprint density at radius 3 is 2.73 bits per heavy atom. The van der Waals surface area contributed by atoms with Gasteiger partial charge in [-0.25, -0.2) is 9.18 Å². The largest absolute Gasteiger partial charge is 0.462 e. The first-order valence-corrected chi connectivity index (χ1v) is 9.65. The fraction of sp³-hybridized carbons (Fsp3) is 0.333. The summed E-state index contributed by atoms with van der Waals surface area (Å²) in [5, 5.41) is 4.56. The normalized spacial score (nSPS) is 13.8. The molecule has 30 heavy (non-hydrogen) atoms. The third kappa shape index (κ3) is 4.30. The van der Waals surface area contributed by atoms with Gasteiger partial charge in [0, 0.05) is 24.7 Å². The molecule has 1 aliphatic rings. The molecule has 0 aliphatic carbocycles. The molecule has 1 fully saturated rings. The van der Waals surface area contributed by atoms with Gasteiger partial charge >= 0.3 is 5.97 Å². The minimum absolute atomic E-state index is 0.0933. The van der Waals surface area contributed by atoms with Crippen LogP contribution in [0.2, 0.25) is 0 Å². The van der Waals surface area contributed by atoms with Crippen LogP contribution < -0.4 is 5.56 Å². The number of rotatable bonds is 7. The van der Waals surface area contributed by atoms with E-state index in [2.05, 4.69) is 10.1 Å². The van der Waals surface area contributed by atoms with Gasteiger partial charge in [0.2, 0.25) is 0 Å². The standard InChI is InChI=1S/C21H21FN4O4/c1-2-30-21(28)18-11-26(24-20(18)15-12-29-13-15)8-14-3-5-17(23-7-14)10-25-9-16(22)4-6-19(25)27/h3-7,9,11,15H,2,8,10,12-13H2,1H3. The van der Waals surface area contributed by atoms with Crippen LogP contribution in [0.15, 0.2) is 47.7 Å². The summed E-state index contributed by atoms with van der Waals surface area (Å²) in [5.74, 6) is -0.773. The summed E-state index contributed by atoms with van der Waals surface area (Å²) in [6.45, 7) is 3.74. The number of aromatic nitrogens is 4. The number of hydrogen-bond acceptors (Lipinski definition) is 6. The Morgan fingerprint density at radius 2 is 2.07 bits per heavy atom. The molecule has 0 unspecified atom stereocenters. The predicted molar refractivity (Wildman–Crippen MR) is 105 cm³/mol. The van der Waals surface area contributed by atoms with E-state index in [1.54, 1.807) is 30.1 Å². The summed E-state index contributed by atoms with van der Waals surface area (Å²) in [6.07, 6.45) is 4.52. The van der Waals surface area contributed by atoms with E-state index in [-0.39, 0.29) is 24.0 Å². The van der Waals surface area contributed by atoms with Crippen LogP contribution in [0.25, 0.3) is 0 Å². The van der Waals surface area contributed by atoms with E-state index in [1.165, 1.54) is 10.6 Å². The molecule has 0 aromatic carbocycles. The van der Waals surface area contributed by atoms with Crippen LogP contribution in [-0.4, -0.2) is 45.1 Å². The first-order chi connectivity index (χ1) is 14.5. The number of ether oxygens (including phenoxy) is 2. The van der Waals surface area contributed by atoms with Gasteiger partial charge in [-0.3, -0.25) is 14.5 Å². The average Bonchev–Trinajstić information content (AvgIpc) is 3.08. The number of carbonyl (C=O) groups is 1. The Hall–Kier alpha value is -3.33. The van der Waals surface area contributed by atoms with Gasteiger partial charge in [0.25, 0.3) is 5.56 Å². The summed E-state index contributed by atoms with van der Waals surface area (Å²) in [7, 11) is 0. The topological polar surface area (TPSA) is 88.2 Å². The Morgan fingerprint density at radius 1 is 1.23 bits per heavy atom. The molecule has 4 heterocycles. The van der Waals surface area contributed by atoms with Crippen molar-refractivity contribution < 1.29 is 18.7 Å². The zero-order chi connectivity index (χ0) is 21.1. The van der Waals surface area contributed by atoms with Crippen molar-refractivity contribution in [2.45, 2.75) is 25.9 Å². The van der Waals surface area contributed by atoms with Crippen LogP contribution in [0.4, 0.5) is 4.39 Å². The van der Waals surface area contributed by atoms with E-state index < -0.39 is 5.82 Å². The minimum atomic E-state index is -0.477. The molecule has 3 aromatic heterocycles. The van der Waals surface area contributed by atoms with Crippen LogP contribution >= 0.6 is 0 Å². The van der Waals surface area contributed by atoms with Crippen LogP contribution in [-0.2, 0) is 22.6 Å². The van der Waals surface area contributed by atoms with Crippen LogP contribution in [0.1, 0.15) is 40.2 Å². The van der Waals surface area contributed by atoms with Crippen molar-refractivity contribution in [3.8, 4) is 0 Å².